The highest BCUT2D eigenvalue weighted by molar-refractivity contribution is 5.82. The van der Waals surface area contributed by atoms with Crippen molar-refractivity contribution in [2.45, 2.75) is 25.3 Å². The van der Waals surface area contributed by atoms with E-state index in [1.807, 2.05) is 30.3 Å². The van der Waals surface area contributed by atoms with Crippen LogP contribution in [0.25, 0.3) is 22.3 Å². The van der Waals surface area contributed by atoms with Crippen LogP contribution in [-0.2, 0) is 6.42 Å². The molecule has 5 heteroatoms. The Bertz CT molecular complexity index is 764. The van der Waals surface area contributed by atoms with Crippen molar-refractivity contribution in [3.8, 4) is 11.4 Å². The summed E-state index contributed by atoms with van der Waals surface area (Å²) in [7, 11) is 0. The van der Waals surface area contributed by atoms with Gasteiger partial charge >= 0.3 is 0 Å². The van der Waals surface area contributed by atoms with Gasteiger partial charge in [-0.2, -0.15) is 4.98 Å². The van der Waals surface area contributed by atoms with Crippen LogP contribution in [0, 0.1) is 0 Å². The van der Waals surface area contributed by atoms with Gasteiger partial charge in [0.15, 0.2) is 0 Å². The van der Waals surface area contributed by atoms with E-state index in [4.69, 9.17) is 4.52 Å². The molecule has 0 bridgehead atoms. The standard InChI is InChI=1S/C16H16N4O/c1-2-11-10-12(3-6-14(11)18-8-1)16-19-15(21-20-16)7-9-17-13-4-5-13/h1-3,6,8,10,13,17H,4-5,7,9H2. The molecule has 0 radical (unpaired) electrons. The fourth-order valence-corrected chi connectivity index (χ4v) is 2.36. The topological polar surface area (TPSA) is 63.8 Å². The number of hydrogen-bond donors (Lipinski definition) is 1. The van der Waals surface area contributed by atoms with Crippen molar-refractivity contribution in [2.24, 2.45) is 0 Å². The van der Waals surface area contributed by atoms with Crippen LogP contribution < -0.4 is 5.32 Å². The molecule has 2 aromatic heterocycles. The van der Waals surface area contributed by atoms with Crippen molar-refractivity contribution in [3.63, 3.8) is 0 Å². The monoisotopic (exact) mass is 280 g/mol. The third-order valence-electron chi connectivity index (χ3n) is 3.68. The number of hydrogen-bond acceptors (Lipinski definition) is 5. The van der Waals surface area contributed by atoms with Gasteiger partial charge in [0, 0.05) is 36.2 Å². The molecular weight excluding hydrogens is 264 g/mol. The van der Waals surface area contributed by atoms with Crippen molar-refractivity contribution in [3.05, 3.63) is 42.4 Å². The van der Waals surface area contributed by atoms with Gasteiger partial charge in [0.2, 0.25) is 11.7 Å². The van der Waals surface area contributed by atoms with Crippen molar-refractivity contribution >= 4 is 10.9 Å². The third-order valence-corrected chi connectivity index (χ3v) is 3.68. The van der Waals surface area contributed by atoms with Crippen LogP contribution in [0.3, 0.4) is 0 Å². The van der Waals surface area contributed by atoms with Crippen LogP contribution >= 0.6 is 0 Å². The summed E-state index contributed by atoms with van der Waals surface area (Å²) in [5, 5.41) is 8.59. The van der Waals surface area contributed by atoms with Gasteiger partial charge in [0.05, 0.1) is 5.52 Å². The van der Waals surface area contributed by atoms with Gasteiger partial charge in [0.25, 0.3) is 0 Å². The zero-order valence-corrected chi connectivity index (χ0v) is 11.6. The summed E-state index contributed by atoms with van der Waals surface area (Å²) in [5.41, 5.74) is 1.93. The first-order valence-electron chi connectivity index (χ1n) is 7.29. The second kappa shape index (κ2) is 5.26. The fourth-order valence-electron chi connectivity index (χ4n) is 2.36. The average Bonchev–Trinajstić information content (AvgIpc) is 3.23. The SMILES string of the molecule is c1cnc2ccc(-c3noc(CCNC4CC4)n3)cc2c1. The Kier molecular flexibility index (Phi) is 3.12. The minimum atomic E-state index is 0.641. The van der Waals surface area contributed by atoms with Crippen LogP contribution in [-0.4, -0.2) is 27.7 Å². The molecule has 1 saturated carbocycles. The molecule has 0 aliphatic heterocycles. The summed E-state index contributed by atoms with van der Waals surface area (Å²) >= 11 is 0. The van der Waals surface area contributed by atoms with Gasteiger partial charge in [-0.05, 0) is 37.1 Å². The van der Waals surface area contributed by atoms with E-state index in [9.17, 15) is 0 Å². The molecule has 0 atom stereocenters. The lowest BCUT2D eigenvalue weighted by atomic mass is 10.1. The molecule has 0 amide bonds. The van der Waals surface area contributed by atoms with E-state index in [2.05, 4.69) is 20.4 Å². The fraction of sp³-hybridized carbons (Fsp3) is 0.312. The maximum atomic E-state index is 5.32. The molecular formula is C16H16N4O. The Morgan fingerprint density at radius 3 is 3.10 bits per heavy atom. The normalized spacial score (nSPS) is 14.7. The van der Waals surface area contributed by atoms with E-state index in [0.29, 0.717) is 17.8 Å². The number of rotatable bonds is 5. The van der Waals surface area contributed by atoms with Crippen LogP contribution in [0.5, 0.6) is 0 Å². The van der Waals surface area contributed by atoms with Gasteiger partial charge in [-0.3, -0.25) is 4.98 Å². The molecule has 3 aromatic rings. The molecule has 1 N–H and O–H groups in total. The first-order valence-corrected chi connectivity index (χ1v) is 7.29. The van der Waals surface area contributed by atoms with Crippen LogP contribution in [0.4, 0.5) is 0 Å². The summed E-state index contributed by atoms with van der Waals surface area (Å²) in [4.78, 5) is 8.78. The van der Waals surface area contributed by atoms with Gasteiger partial charge in [-0.25, -0.2) is 0 Å². The zero-order valence-electron chi connectivity index (χ0n) is 11.6. The third kappa shape index (κ3) is 2.78. The Labute approximate surface area is 122 Å². The lowest BCUT2D eigenvalue weighted by Gasteiger charge is -1.98. The van der Waals surface area contributed by atoms with Crippen LogP contribution in [0.2, 0.25) is 0 Å². The molecule has 5 nitrogen and oxygen atoms in total. The Morgan fingerprint density at radius 1 is 1.24 bits per heavy atom. The van der Waals surface area contributed by atoms with Crippen molar-refractivity contribution in [1.82, 2.24) is 20.4 Å². The average molecular weight is 280 g/mol. The van der Waals surface area contributed by atoms with Crippen LogP contribution in [0.15, 0.2) is 41.1 Å². The lowest BCUT2D eigenvalue weighted by molar-refractivity contribution is 0.376. The summed E-state index contributed by atoms with van der Waals surface area (Å²) in [5.74, 6) is 1.33. The number of nitrogens with zero attached hydrogens (tertiary/aromatic N) is 3. The molecule has 21 heavy (non-hydrogen) atoms. The number of aromatic nitrogens is 3. The summed E-state index contributed by atoms with van der Waals surface area (Å²) in [6.45, 7) is 0.897. The van der Waals surface area contributed by atoms with Crippen molar-refractivity contribution in [2.75, 3.05) is 6.54 Å². The minimum Gasteiger partial charge on any atom is -0.339 e. The Hall–Kier alpha value is -2.27. The second-order valence-corrected chi connectivity index (χ2v) is 5.40. The highest BCUT2D eigenvalue weighted by Crippen LogP contribution is 2.21. The Morgan fingerprint density at radius 2 is 2.19 bits per heavy atom. The zero-order chi connectivity index (χ0) is 14.1. The van der Waals surface area contributed by atoms with E-state index in [1.165, 1.54) is 12.8 Å². The molecule has 1 aliphatic carbocycles. The smallest absolute Gasteiger partial charge is 0.228 e. The molecule has 1 aromatic carbocycles. The minimum absolute atomic E-state index is 0.641. The van der Waals surface area contributed by atoms with Crippen molar-refractivity contribution < 1.29 is 4.52 Å². The van der Waals surface area contributed by atoms with E-state index in [-0.39, 0.29) is 0 Å². The first-order chi connectivity index (χ1) is 10.4. The van der Waals surface area contributed by atoms with Gasteiger partial charge in [-0.1, -0.05) is 11.2 Å². The van der Waals surface area contributed by atoms with E-state index >= 15 is 0 Å². The highest BCUT2D eigenvalue weighted by atomic mass is 16.5. The first kappa shape index (κ1) is 12.5. The van der Waals surface area contributed by atoms with E-state index < -0.39 is 0 Å². The lowest BCUT2D eigenvalue weighted by Crippen LogP contribution is -2.19. The summed E-state index contributed by atoms with van der Waals surface area (Å²) in [6.07, 6.45) is 5.15. The molecule has 1 fully saturated rings. The molecule has 0 saturated heterocycles. The maximum Gasteiger partial charge on any atom is 0.228 e. The number of benzene rings is 1. The largest absolute Gasteiger partial charge is 0.339 e. The highest BCUT2D eigenvalue weighted by Gasteiger charge is 2.20. The predicted molar refractivity (Wildman–Crippen MR) is 79.8 cm³/mol. The molecule has 0 spiro atoms. The molecule has 0 unspecified atom stereocenters. The second-order valence-electron chi connectivity index (χ2n) is 5.40. The molecule has 106 valence electrons. The molecule has 1 aliphatic rings. The predicted octanol–water partition coefficient (Wildman–Crippen LogP) is 2.58. The number of nitrogens with one attached hydrogen (secondary N) is 1. The molecule has 2 heterocycles. The Balaban J connectivity index is 1.52. The van der Waals surface area contributed by atoms with E-state index in [1.54, 1.807) is 6.20 Å². The van der Waals surface area contributed by atoms with E-state index in [0.717, 1.165) is 29.4 Å². The maximum absolute atomic E-state index is 5.32. The van der Waals surface area contributed by atoms with Crippen LogP contribution in [0.1, 0.15) is 18.7 Å². The number of pyridine rings is 1. The molecule has 4 rings (SSSR count). The van der Waals surface area contributed by atoms with Gasteiger partial charge in [-0.15, -0.1) is 0 Å². The van der Waals surface area contributed by atoms with Gasteiger partial charge in [0.1, 0.15) is 0 Å². The number of fused-ring (bicyclic) bond motifs is 1. The van der Waals surface area contributed by atoms with Gasteiger partial charge < -0.3 is 9.84 Å². The van der Waals surface area contributed by atoms with Crippen molar-refractivity contribution in [1.29, 1.82) is 0 Å². The summed E-state index contributed by atoms with van der Waals surface area (Å²) < 4.78 is 5.32. The quantitative estimate of drug-likeness (QED) is 0.778. The summed E-state index contributed by atoms with van der Waals surface area (Å²) in [6, 6.07) is 10.7.